The molecule has 0 aromatic heterocycles. The van der Waals surface area contributed by atoms with Crippen molar-refractivity contribution in [2.24, 2.45) is 11.3 Å². The number of nitrogens with zero attached hydrogens (tertiary/aromatic N) is 1. The summed E-state index contributed by atoms with van der Waals surface area (Å²) in [5.41, 5.74) is 0.438. The fourth-order valence-corrected chi connectivity index (χ4v) is 2.69. The quantitative estimate of drug-likeness (QED) is 0.623. The lowest BCUT2D eigenvalue weighted by molar-refractivity contribution is 0.138. The zero-order valence-corrected chi connectivity index (χ0v) is 12.4. The Labute approximate surface area is 108 Å². The van der Waals surface area contributed by atoms with Crippen molar-refractivity contribution in [1.82, 2.24) is 10.2 Å². The molecule has 0 radical (unpaired) electrons. The van der Waals surface area contributed by atoms with Gasteiger partial charge in [-0.1, -0.05) is 27.2 Å². The summed E-state index contributed by atoms with van der Waals surface area (Å²) in [6.45, 7) is 11.8. The van der Waals surface area contributed by atoms with Gasteiger partial charge in [0.15, 0.2) is 0 Å². The van der Waals surface area contributed by atoms with Crippen LogP contribution in [0.5, 0.6) is 0 Å². The van der Waals surface area contributed by atoms with E-state index in [9.17, 15) is 0 Å². The Morgan fingerprint density at radius 3 is 2.47 bits per heavy atom. The molecule has 2 heteroatoms. The molecule has 1 fully saturated rings. The SMILES string of the molecule is CCCNCC(C)(CC)CN(C)CC1CCC1. The number of hydrogen-bond donors (Lipinski definition) is 1. The van der Waals surface area contributed by atoms with Crippen LogP contribution in [0.4, 0.5) is 0 Å². The molecule has 1 saturated carbocycles. The zero-order chi connectivity index (χ0) is 12.7. The Morgan fingerprint density at radius 1 is 1.29 bits per heavy atom. The lowest BCUT2D eigenvalue weighted by Crippen LogP contribution is -2.42. The fourth-order valence-electron chi connectivity index (χ4n) is 2.69. The summed E-state index contributed by atoms with van der Waals surface area (Å²) in [7, 11) is 2.30. The first-order valence-electron chi connectivity index (χ1n) is 7.49. The van der Waals surface area contributed by atoms with E-state index in [2.05, 4.69) is 38.0 Å². The van der Waals surface area contributed by atoms with E-state index in [1.807, 2.05) is 0 Å². The average Bonchev–Trinajstić information content (AvgIpc) is 2.24. The molecule has 0 aromatic rings. The smallest absolute Gasteiger partial charge is 0.00444 e. The largest absolute Gasteiger partial charge is 0.316 e. The molecule has 0 amide bonds. The van der Waals surface area contributed by atoms with Gasteiger partial charge in [0, 0.05) is 19.6 Å². The van der Waals surface area contributed by atoms with Crippen LogP contribution in [0, 0.1) is 11.3 Å². The first-order chi connectivity index (χ1) is 8.09. The first-order valence-corrected chi connectivity index (χ1v) is 7.49. The monoisotopic (exact) mass is 240 g/mol. The standard InChI is InChI=1S/C15H32N2/c1-5-10-16-12-15(3,6-2)13-17(4)11-14-8-7-9-14/h14,16H,5-13H2,1-4H3. The third-order valence-corrected chi connectivity index (χ3v) is 4.28. The highest BCUT2D eigenvalue weighted by Crippen LogP contribution is 2.28. The van der Waals surface area contributed by atoms with Gasteiger partial charge in [-0.15, -0.1) is 0 Å². The van der Waals surface area contributed by atoms with Crippen molar-refractivity contribution in [3.8, 4) is 0 Å². The van der Waals surface area contributed by atoms with Gasteiger partial charge >= 0.3 is 0 Å². The van der Waals surface area contributed by atoms with Crippen LogP contribution in [0.15, 0.2) is 0 Å². The van der Waals surface area contributed by atoms with Gasteiger partial charge in [0.25, 0.3) is 0 Å². The second-order valence-corrected chi connectivity index (χ2v) is 6.33. The summed E-state index contributed by atoms with van der Waals surface area (Å²) in [5, 5.41) is 3.59. The highest BCUT2D eigenvalue weighted by Gasteiger charge is 2.26. The van der Waals surface area contributed by atoms with Crippen molar-refractivity contribution in [3.63, 3.8) is 0 Å². The topological polar surface area (TPSA) is 15.3 Å². The minimum atomic E-state index is 0.438. The molecule has 102 valence electrons. The van der Waals surface area contributed by atoms with Crippen molar-refractivity contribution in [2.45, 2.75) is 52.9 Å². The van der Waals surface area contributed by atoms with E-state index in [1.54, 1.807) is 0 Å². The molecule has 1 N–H and O–H groups in total. The van der Waals surface area contributed by atoms with Crippen LogP contribution < -0.4 is 5.32 Å². The van der Waals surface area contributed by atoms with Gasteiger partial charge in [-0.3, -0.25) is 0 Å². The molecule has 0 heterocycles. The molecule has 2 nitrogen and oxygen atoms in total. The highest BCUT2D eigenvalue weighted by molar-refractivity contribution is 4.81. The van der Waals surface area contributed by atoms with Crippen molar-refractivity contribution in [1.29, 1.82) is 0 Å². The van der Waals surface area contributed by atoms with Crippen LogP contribution in [0.1, 0.15) is 52.9 Å². The molecule has 1 aliphatic carbocycles. The molecular formula is C15H32N2. The van der Waals surface area contributed by atoms with Crippen molar-refractivity contribution in [2.75, 3.05) is 33.2 Å². The molecule has 0 spiro atoms. The van der Waals surface area contributed by atoms with E-state index in [4.69, 9.17) is 0 Å². The molecular weight excluding hydrogens is 208 g/mol. The normalized spacial score (nSPS) is 20.3. The van der Waals surface area contributed by atoms with E-state index in [0.717, 1.165) is 19.0 Å². The van der Waals surface area contributed by atoms with Crippen molar-refractivity contribution in [3.05, 3.63) is 0 Å². The number of hydrogen-bond acceptors (Lipinski definition) is 2. The summed E-state index contributed by atoms with van der Waals surface area (Å²) in [6.07, 6.45) is 6.88. The van der Waals surface area contributed by atoms with Crippen molar-refractivity contribution >= 4 is 0 Å². The van der Waals surface area contributed by atoms with Gasteiger partial charge in [0.1, 0.15) is 0 Å². The van der Waals surface area contributed by atoms with Crippen molar-refractivity contribution < 1.29 is 0 Å². The minimum absolute atomic E-state index is 0.438. The Bertz CT molecular complexity index is 201. The summed E-state index contributed by atoms with van der Waals surface area (Å²) in [6, 6.07) is 0. The van der Waals surface area contributed by atoms with Crippen LogP contribution in [0.3, 0.4) is 0 Å². The van der Waals surface area contributed by atoms with Crippen LogP contribution in [0.2, 0.25) is 0 Å². The molecule has 1 aliphatic rings. The van der Waals surface area contributed by atoms with E-state index in [0.29, 0.717) is 5.41 Å². The summed E-state index contributed by atoms with van der Waals surface area (Å²) in [5.74, 6) is 0.990. The summed E-state index contributed by atoms with van der Waals surface area (Å²) in [4.78, 5) is 2.56. The maximum atomic E-state index is 3.59. The highest BCUT2D eigenvalue weighted by atomic mass is 15.1. The molecule has 0 bridgehead atoms. The van der Waals surface area contributed by atoms with Crippen LogP contribution in [0.25, 0.3) is 0 Å². The average molecular weight is 240 g/mol. The maximum absolute atomic E-state index is 3.59. The van der Waals surface area contributed by atoms with Gasteiger partial charge in [-0.25, -0.2) is 0 Å². The third kappa shape index (κ3) is 5.39. The second-order valence-electron chi connectivity index (χ2n) is 6.33. The van der Waals surface area contributed by atoms with Gasteiger partial charge < -0.3 is 10.2 Å². The Hall–Kier alpha value is -0.0800. The maximum Gasteiger partial charge on any atom is 0.00444 e. The Balaban J connectivity index is 2.26. The lowest BCUT2D eigenvalue weighted by atomic mass is 9.83. The van der Waals surface area contributed by atoms with Gasteiger partial charge in [0.2, 0.25) is 0 Å². The molecule has 17 heavy (non-hydrogen) atoms. The van der Waals surface area contributed by atoms with Crippen LogP contribution in [-0.2, 0) is 0 Å². The zero-order valence-electron chi connectivity index (χ0n) is 12.4. The lowest BCUT2D eigenvalue weighted by Gasteiger charge is -2.37. The summed E-state index contributed by atoms with van der Waals surface area (Å²) < 4.78 is 0. The Morgan fingerprint density at radius 2 is 2.00 bits per heavy atom. The van der Waals surface area contributed by atoms with Crippen LogP contribution in [-0.4, -0.2) is 38.1 Å². The van der Waals surface area contributed by atoms with E-state index < -0.39 is 0 Å². The third-order valence-electron chi connectivity index (χ3n) is 4.28. The van der Waals surface area contributed by atoms with Crippen LogP contribution >= 0.6 is 0 Å². The predicted octanol–water partition coefficient (Wildman–Crippen LogP) is 3.13. The van der Waals surface area contributed by atoms with Gasteiger partial charge in [-0.2, -0.15) is 0 Å². The fraction of sp³-hybridized carbons (Fsp3) is 1.00. The second kappa shape index (κ2) is 7.38. The number of rotatable bonds is 9. The molecule has 0 saturated heterocycles. The molecule has 0 aromatic carbocycles. The van der Waals surface area contributed by atoms with E-state index in [1.165, 1.54) is 45.2 Å². The molecule has 1 rings (SSSR count). The van der Waals surface area contributed by atoms with E-state index >= 15 is 0 Å². The first kappa shape index (κ1) is 15.0. The van der Waals surface area contributed by atoms with Gasteiger partial charge in [-0.05, 0) is 50.6 Å². The Kier molecular flexibility index (Phi) is 6.50. The van der Waals surface area contributed by atoms with E-state index in [-0.39, 0.29) is 0 Å². The molecule has 1 unspecified atom stereocenters. The number of nitrogens with one attached hydrogen (secondary N) is 1. The van der Waals surface area contributed by atoms with Gasteiger partial charge in [0.05, 0.1) is 0 Å². The summed E-state index contributed by atoms with van der Waals surface area (Å²) >= 11 is 0. The minimum Gasteiger partial charge on any atom is -0.316 e. The molecule has 1 atom stereocenters. The molecule has 0 aliphatic heterocycles. The predicted molar refractivity (Wildman–Crippen MR) is 76.4 cm³/mol.